The lowest BCUT2D eigenvalue weighted by Crippen LogP contribution is -2.30. The number of rotatable bonds is 6. The van der Waals surface area contributed by atoms with Crippen LogP contribution >= 0.6 is 0 Å². The zero-order chi connectivity index (χ0) is 19.2. The van der Waals surface area contributed by atoms with Gasteiger partial charge in [0.25, 0.3) is 5.91 Å². The predicted molar refractivity (Wildman–Crippen MR) is 102 cm³/mol. The van der Waals surface area contributed by atoms with Crippen molar-refractivity contribution in [3.05, 3.63) is 30.1 Å². The minimum absolute atomic E-state index is 0.322. The van der Waals surface area contributed by atoms with Crippen LogP contribution in [-0.4, -0.2) is 50.3 Å². The van der Waals surface area contributed by atoms with Gasteiger partial charge in [-0.15, -0.1) is 0 Å². The Labute approximate surface area is 158 Å². The van der Waals surface area contributed by atoms with E-state index in [1.165, 1.54) is 34.1 Å². The molecule has 0 saturated carbocycles. The Kier molecular flexibility index (Phi) is 5.95. The number of piperidine rings is 1. The molecule has 0 unspecified atom stereocenters. The van der Waals surface area contributed by atoms with E-state index in [4.69, 9.17) is 14.2 Å². The standard InChI is InChI=1S/C19H24N4O4/c1-25-14-9-13(10-15(26-2)18(14)27-3)19(24)22-16-11-17(21-12-20-16)23-7-5-4-6-8-23/h9-12H,4-8H2,1-3H3,(H,20,21,22,24). The number of benzene rings is 1. The Morgan fingerprint density at radius 2 is 1.63 bits per heavy atom. The van der Waals surface area contributed by atoms with Gasteiger partial charge in [-0.3, -0.25) is 4.79 Å². The highest BCUT2D eigenvalue weighted by atomic mass is 16.5. The third-order valence-corrected chi connectivity index (χ3v) is 4.50. The number of aromatic nitrogens is 2. The van der Waals surface area contributed by atoms with E-state index in [-0.39, 0.29) is 5.91 Å². The Bertz CT molecular complexity index is 781. The van der Waals surface area contributed by atoms with Gasteiger partial charge in [-0.05, 0) is 31.4 Å². The van der Waals surface area contributed by atoms with Gasteiger partial charge in [-0.1, -0.05) is 0 Å². The smallest absolute Gasteiger partial charge is 0.257 e. The molecule has 1 saturated heterocycles. The van der Waals surface area contributed by atoms with E-state index in [1.807, 2.05) is 0 Å². The summed E-state index contributed by atoms with van der Waals surface area (Å²) in [5, 5.41) is 2.81. The fourth-order valence-electron chi connectivity index (χ4n) is 3.11. The summed E-state index contributed by atoms with van der Waals surface area (Å²) in [5.74, 6) is 2.22. The molecule has 0 radical (unpaired) electrons. The average Bonchev–Trinajstić information content (AvgIpc) is 2.73. The van der Waals surface area contributed by atoms with Crippen molar-refractivity contribution in [1.82, 2.24) is 9.97 Å². The molecule has 1 fully saturated rings. The first kappa shape index (κ1) is 18.8. The van der Waals surface area contributed by atoms with Gasteiger partial charge >= 0.3 is 0 Å². The molecule has 8 heteroatoms. The van der Waals surface area contributed by atoms with Crippen molar-refractivity contribution in [2.24, 2.45) is 0 Å². The highest BCUT2D eigenvalue weighted by molar-refractivity contribution is 6.04. The molecule has 0 spiro atoms. The Balaban J connectivity index is 1.81. The number of nitrogens with one attached hydrogen (secondary N) is 1. The largest absolute Gasteiger partial charge is 0.493 e. The molecule has 2 aromatic rings. The minimum atomic E-state index is -0.322. The summed E-state index contributed by atoms with van der Waals surface area (Å²) in [7, 11) is 4.53. The fourth-order valence-corrected chi connectivity index (χ4v) is 3.11. The highest BCUT2D eigenvalue weighted by Crippen LogP contribution is 2.38. The molecule has 1 aliphatic heterocycles. The van der Waals surface area contributed by atoms with Crippen molar-refractivity contribution in [3.8, 4) is 17.2 Å². The minimum Gasteiger partial charge on any atom is -0.493 e. The summed E-state index contributed by atoms with van der Waals surface area (Å²) in [6.07, 6.45) is 5.01. The van der Waals surface area contributed by atoms with Crippen molar-refractivity contribution in [1.29, 1.82) is 0 Å². The van der Waals surface area contributed by atoms with Gasteiger partial charge in [0.1, 0.15) is 18.0 Å². The van der Waals surface area contributed by atoms with Crippen LogP contribution in [0.3, 0.4) is 0 Å². The zero-order valence-electron chi connectivity index (χ0n) is 15.8. The second-order valence-electron chi connectivity index (χ2n) is 6.18. The molecule has 1 amide bonds. The van der Waals surface area contributed by atoms with Gasteiger partial charge in [0.15, 0.2) is 11.5 Å². The molecule has 8 nitrogen and oxygen atoms in total. The Morgan fingerprint density at radius 3 is 2.22 bits per heavy atom. The molecule has 3 rings (SSSR count). The third kappa shape index (κ3) is 4.21. The van der Waals surface area contributed by atoms with Crippen molar-refractivity contribution in [3.63, 3.8) is 0 Å². The quantitative estimate of drug-likeness (QED) is 0.834. The number of ether oxygens (including phenoxy) is 3. The summed E-state index contributed by atoms with van der Waals surface area (Å²) in [5.41, 5.74) is 0.377. The summed E-state index contributed by atoms with van der Waals surface area (Å²) >= 11 is 0. The monoisotopic (exact) mass is 372 g/mol. The van der Waals surface area contributed by atoms with Crippen LogP contribution in [0.4, 0.5) is 11.6 Å². The number of carbonyl (C=O) groups is 1. The van der Waals surface area contributed by atoms with Crippen LogP contribution in [-0.2, 0) is 0 Å². The molecular weight excluding hydrogens is 348 g/mol. The van der Waals surface area contributed by atoms with E-state index in [9.17, 15) is 4.79 Å². The van der Waals surface area contributed by atoms with Crippen molar-refractivity contribution in [2.45, 2.75) is 19.3 Å². The van der Waals surface area contributed by atoms with Crippen LogP contribution in [0.5, 0.6) is 17.2 Å². The van der Waals surface area contributed by atoms with E-state index < -0.39 is 0 Å². The lowest BCUT2D eigenvalue weighted by molar-refractivity contribution is 0.102. The third-order valence-electron chi connectivity index (χ3n) is 4.50. The SMILES string of the molecule is COc1cc(C(=O)Nc2cc(N3CCCCC3)ncn2)cc(OC)c1OC. The number of carbonyl (C=O) groups excluding carboxylic acids is 1. The van der Waals surface area contributed by atoms with Gasteiger partial charge in [0.2, 0.25) is 5.75 Å². The summed E-state index contributed by atoms with van der Waals surface area (Å²) in [4.78, 5) is 23.4. The average molecular weight is 372 g/mol. The molecule has 2 heterocycles. The summed E-state index contributed by atoms with van der Waals surface area (Å²) in [6, 6.07) is 4.99. The van der Waals surface area contributed by atoms with E-state index in [2.05, 4.69) is 20.2 Å². The summed E-state index contributed by atoms with van der Waals surface area (Å²) < 4.78 is 15.9. The van der Waals surface area contributed by atoms with Crippen molar-refractivity contribution in [2.75, 3.05) is 44.6 Å². The van der Waals surface area contributed by atoms with E-state index in [0.29, 0.717) is 28.6 Å². The molecule has 0 aliphatic carbocycles. The van der Waals surface area contributed by atoms with Gasteiger partial charge in [0.05, 0.1) is 21.3 Å². The van der Waals surface area contributed by atoms with Crippen LogP contribution in [0.15, 0.2) is 24.5 Å². The molecule has 1 N–H and O–H groups in total. The Hall–Kier alpha value is -3.03. The van der Waals surface area contributed by atoms with Crippen LogP contribution in [0.1, 0.15) is 29.6 Å². The number of anilines is 2. The molecule has 1 aromatic heterocycles. The summed E-state index contributed by atoms with van der Waals surface area (Å²) in [6.45, 7) is 1.94. The van der Waals surface area contributed by atoms with Gasteiger partial charge < -0.3 is 24.4 Å². The van der Waals surface area contributed by atoms with Crippen molar-refractivity contribution < 1.29 is 19.0 Å². The highest BCUT2D eigenvalue weighted by Gasteiger charge is 2.18. The van der Waals surface area contributed by atoms with Gasteiger partial charge in [-0.2, -0.15) is 0 Å². The zero-order valence-corrected chi connectivity index (χ0v) is 15.8. The van der Waals surface area contributed by atoms with E-state index >= 15 is 0 Å². The molecule has 1 aromatic carbocycles. The van der Waals surface area contributed by atoms with Gasteiger partial charge in [0, 0.05) is 24.7 Å². The normalized spacial score (nSPS) is 13.8. The van der Waals surface area contributed by atoms with Crippen LogP contribution in [0.25, 0.3) is 0 Å². The van der Waals surface area contributed by atoms with Gasteiger partial charge in [-0.25, -0.2) is 9.97 Å². The molecular formula is C19H24N4O4. The maximum atomic E-state index is 12.7. The van der Waals surface area contributed by atoms with Crippen molar-refractivity contribution >= 4 is 17.5 Å². The number of hydrogen-bond acceptors (Lipinski definition) is 7. The maximum Gasteiger partial charge on any atom is 0.257 e. The first-order valence-corrected chi connectivity index (χ1v) is 8.84. The first-order valence-electron chi connectivity index (χ1n) is 8.84. The van der Waals surface area contributed by atoms with E-state index in [0.717, 1.165) is 31.7 Å². The second-order valence-corrected chi connectivity index (χ2v) is 6.18. The van der Waals surface area contributed by atoms with Crippen LogP contribution < -0.4 is 24.4 Å². The lowest BCUT2D eigenvalue weighted by atomic mass is 10.1. The lowest BCUT2D eigenvalue weighted by Gasteiger charge is -2.27. The molecule has 1 aliphatic rings. The molecule has 0 atom stereocenters. The predicted octanol–water partition coefficient (Wildman–Crippen LogP) is 2.75. The molecule has 27 heavy (non-hydrogen) atoms. The van der Waals surface area contributed by atoms with Crippen LogP contribution in [0, 0.1) is 0 Å². The number of methoxy groups -OCH3 is 3. The van der Waals surface area contributed by atoms with Crippen LogP contribution in [0.2, 0.25) is 0 Å². The molecule has 144 valence electrons. The topological polar surface area (TPSA) is 85.8 Å². The maximum absolute atomic E-state index is 12.7. The Morgan fingerprint density at radius 1 is 0.963 bits per heavy atom. The second kappa shape index (κ2) is 8.57. The fraction of sp³-hybridized carbons (Fsp3) is 0.421. The number of hydrogen-bond donors (Lipinski definition) is 1. The number of nitrogens with zero attached hydrogens (tertiary/aromatic N) is 3. The number of amides is 1. The van der Waals surface area contributed by atoms with E-state index in [1.54, 1.807) is 18.2 Å². The molecule has 0 bridgehead atoms. The first-order chi connectivity index (χ1) is 13.2.